The highest BCUT2D eigenvalue weighted by atomic mass is 33.1. The highest BCUT2D eigenvalue weighted by Gasteiger charge is 2.14. The van der Waals surface area contributed by atoms with E-state index in [0.717, 1.165) is 17.1 Å². The molecule has 0 unspecified atom stereocenters. The molecule has 1 rings (SSSR count). The highest BCUT2D eigenvalue weighted by molar-refractivity contribution is 8.76. The normalized spacial score (nSPS) is 12.2. The number of carbonyl (C=O) groups is 1. The molecule has 0 aliphatic heterocycles. The summed E-state index contributed by atoms with van der Waals surface area (Å²) in [6, 6.07) is 7.38. The van der Waals surface area contributed by atoms with E-state index in [2.05, 4.69) is 12.2 Å². The van der Waals surface area contributed by atoms with E-state index in [1.807, 2.05) is 31.2 Å². The van der Waals surface area contributed by atoms with Crippen LogP contribution in [0.4, 0.5) is 0 Å². The third-order valence-corrected chi connectivity index (χ3v) is 4.94. The summed E-state index contributed by atoms with van der Waals surface area (Å²) in [4.78, 5) is 13.1. The smallest absolute Gasteiger partial charge is 0.252 e. The fraction of sp³-hybridized carbons (Fsp3) is 0.462. The Morgan fingerprint density at radius 2 is 2.11 bits per heavy atom. The minimum atomic E-state index is -0.172. The van der Waals surface area contributed by atoms with Gasteiger partial charge in [0.15, 0.2) is 0 Å². The van der Waals surface area contributed by atoms with Crippen LogP contribution in [0.15, 0.2) is 29.2 Å². The second-order valence-corrected chi connectivity index (χ2v) is 6.37. The van der Waals surface area contributed by atoms with Crippen molar-refractivity contribution in [2.24, 2.45) is 0 Å². The Balaban J connectivity index is 2.77. The van der Waals surface area contributed by atoms with Crippen LogP contribution in [0, 0.1) is 0 Å². The van der Waals surface area contributed by atoms with E-state index in [-0.39, 0.29) is 18.6 Å². The van der Waals surface area contributed by atoms with Gasteiger partial charge in [0.05, 0.1) is 18.2 Å². The van der Waals surface area contributed by atoms with Gasteiger partial charge in [-0.1, -0.05) is 47.6 Å². The van der Waals surface area contributed by atoms with Crippen LogP contribution < -0.4 is 5.32 Å². The number of aliphatic hydroxyl groups is 1. The van der Waals surface area contributed by atoms with Crippen LogP contribution >= 0.6 is 21.6 Å². The summed E-state index contributed by atoms with van der Waals surface area (Å²) < 4.78 is 0. The van der Waals surface area contributed by atoms with Gasteiger partial charge in [-0.3, -0.25) is 4.79 Å². The van der Waals surface area contributed by atoms with Crippen molar-refractivity contribution < 1.29 is 9.90 Å². The Kier molecular flexibility index (Phi) is 7.23. The molecule has 1 amide bonds. The molecule has 0 spiro atoms. The van der Waals surface area contributed by atoms with Crippen LogP contribution in [0.3, 0.4) is 0 Å². The first-order chi connectivity index (χ1) is 8.72. The number of carbonyl (C=O) groups excluding carboxylic acids is 1. The fourth-order valence-electron chi connectivity index (χ4n) is 1.39. The average Bonchev–Trinajstić information content (AvgIpc) is 2.42. The van der Waals surface area contributed by atoms with E-state index in [9.17, 15) is 4.79 Å². The maximum absolute atomic E-state index is 12.1. The molecular weight excluding hydrogens is 266 g/mol. The lowest BCUT2D eigenvalue weighted by atomic mass is 10.2. The Morgan fingerprint density at radius 3 is 2.72 bits per heavy atom. The van der Waals surface area contributed by atoms with Gasteiger partial charge in [0.1, 0.15) is 0 Å². The Hall–Kier alpha value is -0.650. The summed E-state index contributed by atoms with van der Waals surface area (Å²) in [5, 5.41) is 11.9. The van der Waals surface area contributed by atoms with E-state index in [1.54, 1.807) is 21.6 Å². The van der Waals surface area contributed by atoms with Crippen molar-refractivity contribution in [3.05, 3.63) is 29.8 Å². The number of rotatable bonds is 7. The predicted octanol–water partition coefficient (Wildman–Crippen LogP) is 2.95. The van der Waals surface area contributed by atoms with Crippen LogP contribution in [0.2, 0.25) is 0 Å². The molecule has 100 valence electrons. The number of aliphatic hydroxyl groups excluding tert-OH is 1. The van der Waals surface area contributed by atoms with Crippen molar-refractivity contribution in [1.29, 1.82) is 0 Å². The summed E-state index contributed by atoms with van der Waals surface area (Å²) in [5.41, 5.74) is 0.676. The number of nitrogens with one attached hydrogen (secondary N) is 1. The molecule has 2 N–H and O–H groups in total. The maximum atomic E-state index is 12.1. The van der Waals surface area contributed by atoms with Gasteiger partial charge in [-0.05, 0) is 18.6 Å². The molecule has 0 bridgehead atoms. The number of benzene rings is 1. The van der Waals surface area contributed by atoms with Crippen LogP contribution in [0.5, 0.6) is 0 Å². The van der Waals surface area contributed by atoms with Crippen molar-refractivity contribution in [2.75, 3.05) is 12.4 Å². The Morgan fingerprint density at radius 1 is 1.39 bits per heavy atom. The zero-order chi connectivity index (χ0) is 13.4. The second kappa shape index (κ2) is 8.45. The molecular formula is C13H19NO2S2. The first kappa shape index (κ1) is 15.4. The van der Waals surface area contributed by atoms with Crippen LogP contribution in [-0.2, 0) is 0 Å². The standard InChI is InChI=1S/C13H19NO2S2/c1-3-10(9-15)14-13(16)11-7-5-6-8-12(11)18-17-4-2/h5-8,10,15H,3-4,9H2,1-2H3,(H,14,16)/t10-/m1/s1. The monoisotopic (exact) mass is 285 g/mol. The lowest BCUT2D eigenvalue weighted by molar-refractivity contribution is 0.0912. The average molecular weight is 285 g/mol. The largest absolute Gasteiger partial charge is 0.394 e. The summed E-state index contributed by atoms with van der Waals surface area (Å²) in [6.07, 6.45) is 0.723. The Bertz CT molecular complexity index is 381. The van der Waals surface area contributed by atoms with Crippen molar-refractivity contribution >= 4 is 27.5 Å². The predicted molar refractivity (Wildman–Crippen MR) is 79.1 cm³/mol. The first-order valence-electron chi connectivity index (χ1n) is 6.03. The third-order valence-electron chi connectivity index (χ3n) is 2.45. The maximum Gasteiger partial charge on any atom is 0.252 e. The lowest BCUT2D eigenvalue weighted by Crippen LogP contribution is -2.37. The van der Waals surface area contributed by atoms with Crippen LogP contribution in [0.1, 0.15) is 30.6 Å². The molecule has 5 heteroatoms. The number of amides is 1. The van der Waals surface area contributed by atoms with E-state index < -0.39 is 0 Å². The van der Waals surface area contributed by atoms with Gasteiger partial charge in [0.2, 0.25) is 0 Å². The molecule has 1 atom stereocenters. The molecule has 18 heavy (non-hydrogen) atoms. The van der Waals surface area contributed by atoms with Crippen molar-refractivity contribution in [2.45, 2.75) is 31.2 Å². The lowest BCUT2D eigenvalue weighted by Gasteiger charge is -2.15. The van der Waals surface area contributed by atoms with Gasteiger partial charge in [0, 0.05) is 10.6 Å². The fourth-order valence-corrected chi connectivity index (χ4v) is 3.19. The molecule has 0 saturated heterocycles. The van der Waals surface area contributed by atoms with Gasteiger partial charge in [-0.2, -0.15) is 0 Å². The van der Waals surface area contributed by atoms with Gasteiger partial charge in [-0.25, -0.2) is 0 Å². The summed E-state index contributed by atoms with van der Waals surface area (Å²) in [7, 11) is 3.32. The number of hydrogen-bond donors (Lipinski definition) is 2. The van der Waals surface area contributed by atoms with Gasteiger partial charge < -0.3 is 10.4 Å². The first-order valence-corrected chi connectivity index (χ1v) is 8.35. The van der Waals surface area contributed by atoms with E-state index in [4.69, 9.17) is 5.11 Å². The van der Waals surface area contributed by atoms with E-state index in [1.165, 1.54) is 0 Å². The molecule has 1 aromatic carbocycles. The topological polar surface area (TPSA) is 49.3 Å². The molecule has 1 aromatic rings. The van der Waals surface area contributed by atoms with Crippen molar-refractivity contribution in [3.63, 3.8) is 0 Å². The molecule has 0 aliphatic rings. The van der Waals surface area contributed by atoms with Crippen LogP contribution in [0.25, 0.3) is 0 Å². The molecule has 0 aromatic heterocycles. The zero-order valence-corrected chi connectivity index (χ0v) is 12.3. The summed E-state index contributed by atoms with van der Waals surface area (Å²) in [5.74, 6) is 0.880. The van der Waals surface area contributed by atoms with Crippen LogP contribution in [-0.4, -0.2) is 29.4 Å². The molecule has 0 saturated carbocycles. The summed E-state index contributed by atoms with van der Waals surface area (Å²) >= 11 is 0. The number of hydrogen-bond acceptors (Lipinski definition) is 4. The van der Waals surface area contributed by atoms with Crippen molar-refractivity contribution in [3.8, 4) is 0 Å². The Labute approximate surface area is 116 Å². The molecule has 0 radical (unpaired) electrons. The minimum absolute atomic E-state index is 0.0265. The third kappa shape index (κ3) is 4.55. The van der Waals surface area contributed by atoms with Crippen molar-refractivity contribution in [1.82, 2.24) is 5.32 Å². The molecule has 0 heterocycles. The molecule has 0 aliphatic carbocycles. The zero-order valence-electron chi connectivity index (χ0n) is 10.7. The molecule has 3 nitrogen and oxygen atoms in total. The quantitative estimate of drug-likeness (QED) is 0.756. The SMILES string of the molecule is CCSSc1ccccc1C(=O)N[C@H](CC)CO. The van der Waals surface area contributed by atoms with E-state index in [0.29, 0.717) is 5.56 Å². The molecule has 0 fully saturated rings. The highest BCUT2D eigenvalue weighted by Crippen LogP contribution is 2.33. The van der Waals surface area contributed by atoms with Gasteiger partial charge in [0.25, 0.3) is 5.91 Å². The van der Waals surface area contributed by atoms with E-state index >= 15 is 0 Å². The minimum Gasteiger partial charge on any atom is -0.394 e. The van der Waals surface area contributed by atoms with Gasteiger partial charge >= 0.3 is 0 Å². The summed E-state index contributed by atoms with van der Waals surface area (Å²) in [6.45, 7) is 4.00. The van der Waals surface area contributed by atoms with Gasteiger partial charge in [-0.15, -0.1) is 0 Å². The second-order valence-electron chi connectivity index (χ2n) is 3.75.